The number of hydrogen-bond donors (Lipinski definition) is 1. The number of rotatable bonds is 1. The van der Waals surface area contributed by atoms with E-state index < -0.39 is 0 Å². The molecule has 0 aromatic heterocycles. The highest BCUT2D eigenvalue weighted by molar-refractivity contribution is 14.1. The van der Waals surface area contributed by atoms with Gasteiger partial charge < -0.3 is 5.11 Å². The highest BCUT2D eigenvalue weighted by atomic mass is 127. The lowest BCUT2D eigenvalue weighted by Gasteiger charge is -2.01. The molecule has 0 bridgehead atoms. The van der Waals surface area contributed by atoms with Gasteiger partial charge in [0.05, 0.1) is 6.61 Å². The van der Waals surface area contributed by atoms with Gasteiger partial charge in [0.25, 0.3) is 0 Å². The highest BCUT2D eigenvalue weighted by Gasteiger charge is 2.00. The first-order chi connectivity index (χ1) is 4.75. The van der Waals surface area contributed by atoms with Crippen LogP contribution in [-0.4, -0.2) is 5.11 Å². The van der Waals surface area contributed by atoms with Crippen LogP contribution in [-0.2, 0) is 6.61 Å². The Labute approximate surface area is 87.1 Å². The minimum absolute atomic E-state index is 0.136. The van der Waals surface area contributed by atoms with Crippen LogP contribution in [0.15, 0.2) is 18.2 Å². The van der Waals surface area contributed by atoms with E-state index >= 15 is 0 Å². The predicted molar refractivity (Wildman–Crippen MR) is 57.8 cm³/mol. The molecule has 0 aliphatic rings. The second-order valence-electron chi connectivity index (χ2n) is 1.86. The molecule has 1 N–H and O–H groups in total. The zero-order valence-corrected chi connectivity index (χ0v) is 9.46. The van der Waals surface area contributed by atoms with E-state index in [1.807, 2.05) is 18.2 Å². The summed E-state index contributed by atoms with van der Waals surface area (Å²) in [5.41, 5.74) is 1.03. The minimum Gasteiger partial charge on any atom is -0.392 e. The van der Waals surface area contributed by atoms with Crippen molar-refractivity contribution >= 4 is 45.2 Å². The van der Waals surface area contributed by atoms with Gasteiger partial charge >= 0.3 is 0 Å². The number of halogens is 2. The highest BCUT2D eigenvalue weighted by Crippen LogP contribution is 2.18. The van der Waals surface area contributed by atoms with Gasteiger partial charge in [0.1, 0.15) is 0 Å². The van der Waals surface area contributed by atoms with E-state index in [1.54, 1.807) is 0 Å². The molecule has 3 heteroatoms. The Morgan fingerprint density at radius 2 is 1.70 bits per heavy atom. The van der Waals surface area contributed by atoms with Crippen molar-refractivity contribution in [1.29, 1.82) is 0 Å². The van der Waals surface area contributed by atoms with Crippen LogP contribution in [0.25, 0.3) is 0 Å². The standard InChI is InChI=1S/C7H6I2O/c8-6-2-1-3-7(9)5(6)4-10/h1-3,10H,4H2. The van der Waals surface area contributed by atoms with Gasteiger partial charge in [-0.1, -0.05) is 6.07 Å². The molecule has 1 aromatic rings. The van der Waals surface area contributed by atoms with Gasteiger partial charge in [-0.3, -0.25) is 0 Å². The monoisotopic (exact) mass is 360 g/mol. The molecule has 54 valence electrons. The summed E-state index contributed by atoms with van der Waals surface area (Å²) in [5.74, 6) is 0. The van der Waals surface area contributed by atoms with E-state index in [0.29, 0.717) is 0 Å². The molecule has 0 atom stereocenters. The third kappa shape index (κ3) is 1.82. The molecule has 0 fully saturated rings. The zero-order chi connectivity index (χ0) is 7.56. The summed E-state index contributed by atoms with van der Waals surface area (Å²) in [5, 5.41) is 8.89. The lowest BCUT2D eigenvalue weighted by molar-refractivity contribution is 0.280. The van der Waals surface area contributed by atoms with Crippen LogP contribution in [0.1, 0.15) is 5.56 Å². The summed E-state index contributed by atoms with van der Waals surface area (Å²) in [6.45, 7) is 0.136. The van der Waals surface area contributed by atoms with Crippen LogP contribution in [0.5, 0.6) is 0 Å². The normalized spacial score (nSPS) is 9.90. The van der Waals surface area contributed by atoms with Crippen molar-refractivity contribution in [3.8, 4) is 0 Å². The molecule has 1 aromatic carbocycles. The summed E-state index contributed by atoms with van der Waals surface area (Å²) < 4.78 is 2.26. The Bertz CT molecular complexity index is 215. The molecule has 0 amide bonds. The number of benzene rings is 1. The first-order valence-corrected chi connectivity index (χ1v) is 4.95. The Morgan fingerprint density at radius 1 is 1.20 bits per heavy atom. The third-order valence-corrected chi connectivity index (χ3v) is 3.24. The predicted octanol–water partition coefficient (Wildman–Crippen LogP) is 2.39. The molecule has 0 aliphatic heterocycles. The van der Waals surface area contributed by atoms with E-state index in [0.717, 1.165) is 12.7 Å². The molecule has 10 heavy (non-hydrogen) atoms. The Hall–Kier alpha value is 0.640. The summed E-state index contributed by atoms with van der Waals surface area (Å²) >= 11 is 4.44. The Morgan fingerprint density at radius 3 is 2.00 bits per heavy atom. The van der Waals surface area contributed by atoms with Crippen molar-refractivity contribution in [2.45, 2.75) is 6.61 Å². The third-order valence-electron chi connectivity index (χ3n) is 1.22. The first-order valence-electron chi connectivity index (χ1n) is 2.79. The summed E-state index contributed by atoms with van der Waals surface area (Å²) in [7, 11) is 0. The van der Waals surface area contributed by atoms with Gasteiger partial charge in [-0.25, -0.2) is 0 Å². The SMILES string of the molecule is OCc1c(I)cccc1I. The molecule has 0 spiro atoms. The molecule has 0 saturated heterocycles. The first kappa shape index (κ1) is 8.73. The van der Waals surface area contributed by atoms with Gasteiger partial charge in [-0.05, 0) is 57.3 Å². The lowest BCUT2D eigenvalue weighted by atomic mass is 10.2. The van der Waals surface area contributed by atoms with E-state index in [9.17, 15) is 0 Å². The summed E-state index contributed by atoms with van der Waals surface area (Å²) in [4.78, 5) is 0. The van der Waals surface area contributed by atoms with Gasteiger partial charge in [0.2, 0.25) is 0 Å². The fourth-order valence-electron chi connectivity index (χ4n) is 0.683. The molecular formula is C7H6I2O. The maximum Gasteiger partial charge on any atom is 0.0702 e. The maximum atomic E-state index is 8.89. The van der Waals surface area contributed by atoms with Crippen LogP contribution < -0.4 is 0 Å². The molecule has 0 aliphatic carbocycles. The summed E-state index contributed by atoms with van der Waals surface area (Å²) in [6.07, 6.45) is 0. The second kappa shape index (κ2) is 3.87. The molecule has 0 saturated carbocycles. The largest absolute Gasteiger partial charge is 0.392 e. The molecule has 1 nitrogen and oxygen atoms in total. The second-order valence-corrected chi connectivity index (χ2v) is 4.18. The van der Waals surface area contributed by atoms with E-state index in [2.05, 4.69) is 45.2 Å². The van der Waals surface area contributed by atoms with Gasteiger partial charge in [0.15, 0.2) is 0 Å². The Balaban J connectivity index is 3.17. The van der Waals surface area contributed by atoms with Crippen molar-refractivity contribution < 1.29 is 5.11 Å². The van der Waals surface area contributed by atoms with Crippen LogP contribution in [0, 0.1) is 7.14 Å². The average molecular weight is 360 g/mol. The van der Waals surface area contributed by atoms with Crippen molar-refractivity contribution in [3.63, 3.8) is 0 Å². The maximum absolute atomic E-state index is 8.89. The van der Waals surface area contributed by atoms with Crippen molar-refractivity contribution in [1.82, 2.24) is 0 Å². The van der Waals surface area contributed by atoms with Crippen LogP contribution >= 0.6 is 45.2 Å². The minimum atomic E-state index is 0.136. The fourth-order valence-corrected chi connectivity index (χ4v) is 2.54. The smallest absolute Gasteiger partial charge is 0.0702 e. The fraction of sp³-hybridized carbons (Fsp3) is 0.143. The van der Waals surface area contributed by atoms with Crippen LogP contribution in [0.4, 0.5) is 0 Å². The average Bonchev–Trinajstić information content (AvgIpc) is 1.88. The topological polar surface area (TPSA) is 20.2 Å². The van der Waals surface area contributed by atoms with Gasteiger partial charge in [-0.2, -0.15) is 0 Å². The molecule has 0 unspecified atom stereocenters. The van der Waals surface area contributed by atoms with Crippen molar-refractivity contribution in [3.05, 3.63) is 30.9 Å². The Kier molecular flexibility index (Phi) is 3.38. The molecule has 0 heterocycles. The zero-order valence-electron chi connectivity index (χ0n) is 5.14. The number of aliphatic hydroxyl groups is 1. The van der Waals surface area contributed by atoms with Crippen molar-refractivity contribution in [2.75, 3.05) is 0 Å². The quantitative estimate of drug-likeness (QED) is 0.763. The van der Waals surface area contributed by atoms with Crippen molar-refractivity contribution in [2.24, 2.45) is 0 Å². The molecular weight excluding hydrogens is 354 g/mol. The molecule has 1 rings (SSSR count). The van der Waals surface area contributed by atoms with E-state index in [1.165, 1.54) is 0 Å². The van der Waals surface area contributed by atoms with E-state index in [4.69, 9.17) is 5.11 Å². The van der Waals surface area contributed by atoms with Crippen LogP contribution in [0.2, 0.25) is 0 Å². The number of aliphatic hydroxyl groups excluding tert-OH is 1. The summed E-state index contributed by atoms with van der Waals surface area (Å²) in [6, 6.07) is 5.98. The lowest BCUT2D eigenvalue weighted by Crippen LogP contribution is -1.91. The van der Waals surface area contributed by atoms with Crippen LogP contribution in [0.3, 0.4) is 0 Å². The van der Waals surface area contributed by atoms with Gasteiger partial charge in [0, 0.05) is 12.7 Å². The van der Waals surface area contributed by atoms with Gasteiger partial charge in [-0.15, -0.1) is 0 Å². The molecule has 0 radical (unpaired) electrons. The number of hydrogen-bond acceptors (Lipinski definition) is 1. The van der Waals surface area contributed by atoms with E-state index in [-0.39, 0.29) is 6.61 Å².